The van der Waals surface area contributed by atoms with Crippen molar-refractivity contribution in [3.8, 4) is 0 Å². The minimum Gasteiger partial charge on any atom is -0.547 e. The molecule has 0 fully saturated rings. The summed E-state index contributed by atoms with van der Waals surface area (Å²) in [5.41, 5.74) is -0.727. The number of carboxylic acids is 3. The van der Waals surface area contributed by atoms with E-state index in [1.54, 1.807) is 6.92 Å². The van der Waals surface area contributed by atoms with Crippen molar-refractivity contribution in [1.82, 2.24) is 0 Å². The number of aliphatic hydroxyl groups excluding tert-OH is 1. The number of rotatable bonds is 5. The third-order valence-electron chi connectivity index (χ3n) is 2.20. The van der Waals surface area contributed by atoms with Crippen LogP contribution >= 0.6 is 0 Å². The molecule has 7 nitrogen and oxygen atoms in total. The zero-order chi connectivity index (χ0) is 15.7. The van der Waals surface area contributed by atoms with Crippen molar-refractivity contribution in [3.05, 3.63) is 35.4 Å². The van der Waals surface area contributed by atoms with Gasteiger partial charge >= 0.3 is 0 Å². The van der Waals surface area contributed by atoms with E-state index >= 15 is 0 Å². The van der Waals surface area contributed by atoms with Crippen LogP contribution in [0.1, 0.15) is 40.5 Å². The van der Waals surface area contributed by atoms with Gasteiger partial charge in [-0.1, -0.05) is 37.6 Å². The summed E-state index contributed by atoms with van der Waals surface area (Å²) in [5, 5.41) is 38.8. The Bertz CT molecular complexity index is 448. The zero-order valence-corrected chi connectivity index (χ0v) is 10.7. The molecule has 0 spiro atoms. The lowest BCUT2D eigenvalue weighted by molar-refractivity contribution is -0.315. The predicted octanol–water partition coefficient (Wildman–Crippen LogP) is -2.69. The lowest BCUT2D eigenvalue weighted by Crippen LogP contribution is -2.35. The van der Waals surface area contributed by atoms with Crippen molar-refractivity contribution in [2.45, 2.75) is 25.9 Å². The first-order valence-corrected chi connectivity index (χ1v) is 5.71. The highest BCUT2D eigenvalue weighted by Gasteiger charge is 2.01. The molecule has 0 aliphatic heterocycles. The lowest BCUT2D eigenvalue weighted by atomic mass is 10.1. The summed E-state index contributed by atoms with van der Waals surface area (Å²) in [5.74, 6) is -4.42. The van der Waals surface area contributed by atoms with E-state index in [2.05, 4.69) is 0 Å². The van der Waals surface area contributed by atoms with E-state index in [1.165, 1.54) is 12.1 Å². The summed E-state index contributed by atoms with van der Waals surface area (Å²) in [6, 6.07) is 5.14. The van der Waals surface area contributed by atoms with Gasteiger partial charge in [-0.15, -0.1) is 0 Å². The highest BCUT2D eigenvalue weighted by Crippen LogP contribution is 2.05. The van der Waals surface area contributed by atoms with Gasteiger partial charge < -0.3 is 34.8 Å². The third-order valence-corrected chi connectivity index (χ3v) is 2.20. The van der Waals surface area contributed by atoms with Crippen molar-refractivity contribution in [2.75, 3.05) is 0 Å². The molecule has 0 saturated carbocycles. The molecular formula is C13H13O7-3. The molecule has 1 N–H and O–H groups in total. The van der Waals surface area contributed by atoms with E-state index in [0.29, 0.717) is 6.42 Å². The first-order valence-electron chi connectivity index (χ1n) is 5.71. The monoisotopic (exact) mass is 281 g/mol. The van der Waals surface area contributed by atoms with E-state index in [9.17, 15) is 29.7 Å². The first kappa shape index (κ1) is 17.6. The van der Waals surface area contributed by atoms with Crippen molar-refractivity contribution in [1.29, 1.82) is 0 Å². The summed E-state index contributed by atoms with van der Waals surface area (Å²) in [6.45, 7) is 1.80. The maximum atomic E-state index is 10.3. The molecule has 0 heterocycles. The molecule has 0 saturated heterocycles. The van der Waals surface area contributed by atoms with Crippen LogP contribution in [0.5, 0.6) is 0 Å². The average Bonchev–Trinajstić information content (AvgIpc) is 2.39. The number of hydrogen-bond acceptors (Lipinski definition) is 7. The molecule has 1 rings (SSSR count). The molecule has 1 atom stereocenters. The number of aromatic carboxylic acids is 2. The summed E-state index contributed by atoms with van der Waals surface area (Å²) in [6.07, 6.45) is -0.336. The van der Waals surface area contributed by atoms with Crippen LogP contribution in [-0.2, 0) is 4.79 Å². The molecular weight excluding hydrogens is 268 g/mol. The van der Waals surface area contributed by atoms with E-state index < -0.39 is 24.0 Å². The average molecular weight is 281 g/mol. The standard InChI is InChI=1S/C8H6O4.C5H10O3/c9-7(10)5-3-1-2-4-6(5)8(11)12;1-2-3-4(6)5(7)8/h1-4H,(H,9,10)(H,11,12);4,6H,2-3H2,1H3,(H,7,8)/p-3. The zero-order valence-electron chi connectivity index (χ0n) is 10.7. The fourth-order valence-electron chi connectivity index (χ4n) is 1.23. The van der Waals surface area contributed by atoms with Gasteiger partial charge in [-0.05, 0) is 6.42 Å². The van der Waals surface area contributed by atoms with Crippen molar-refractivity contribution < 1.29 is 34.8 Å². The summed E-state index contributed by atoms with van der Waals surface area (Å²) >= 11 is 0. The fraction of sp³-hybridized carbons (Fsp3) is 0.308. The molecule has 0 radical (unpaired) electrons. The van der Waals surface area contributed by atoms with E-state index in [-0.39, 0.29) is 17.5 Å². The molecule has 7 heteroatoms. The summed E-state index contributed by atoms with van der Waals surface area (Å²) in [4.78, 5) is 30.4. The number of carbonyl (C=O) groups excluding carboxylic acids is 3. The van der Waals surface area contributed by atoms with Crippen LogP contribution < -0.4 is 15.3 Å². The summed E-state index contributed by atoms with van der Waals surface area (Å²) < 4.78 is 0. The minimum absolute atomic E-state index is 0.280. The van der Waals surface area contributed by atoms with Crippen LogP contribution in [0.2, 0.25) is 0 Å². The van der Waals surface area contributed by atoms with Gasteiger partial charge in [-0.25, -0.2) is 0 Å². The largest absolute Gasteiger partial charge is 0.547 e. The Labute approximate surface area is 115 Å². The Hall–Kier alpha value is -2.41. The van der Waals surface area contributed by atoms with Crippen LogP contribution in [0.15, 0.2) is 24.3 Å². The fourth-order valence-corrected chi connectivity index (χ4v) is 1.23. The van der Waals surface area contributed by atoms with Gasteiger partial charge in [0.25, 0.3) is 0 Å². The molecule has 1 aromatic rings. The van der Waals surface area contributed by atoms with Crippen molar-refractivity contribution in [2.24, 2.45) is 0 Å². The summed E-state index contributed by atoms with van der Waals surface area (Å²) in [7, 11) is 0. The molecule has 0 aromatic heterocycles. The molecule has 1 aromatic carbocycles. The Balaban J connectivity index is 0.000000396. The Morgan fingerprint density at radius 3 is 1.65 bits per heavy atom. The Kier molecular flexibility index (Phi) is 7.61. The Morgan fingerprint density at radius 2 is 1.45 bits per heavy atom. The van der Waals surface area contributed by atoms with Crippen LogP contribution in [0.3, 0.4) is 0 Å². The highest BCUT2D eigenvalue weighted by atomic mass is 16.4. The molecule has 0 aliphatic carbocycles. The quantitative estimate of drug-likeness (QED) is 0.619. The van der Waals surface area contributed by atoms with Crippen LogP contribution in [0.4, 0.5) is 0 Å². The topological polar surface area (TPSA) is 141 Å². The Morgan fingerprint density at radius 1 is 1.05 bits per heavy atom. The van der Waals surface area contributed by atoms with Crippen LogP contribution in [-0.4, -0.2) is 29.1 Å². The number of carboxylic acid groups (broad SMARTS) is 3. The van der Waals surface area contributed by atoms with Crippen molar-refractivity contribution >= 4 is 17.9 Å². The van der Waals surface area contributed by atoms with Gasteiger partial charge in [0.05, 0.1) is 24.0 Å². The number of carbonyl (C=O) groups is 3. The maximum Gasteiger partial charge on any atom is 0.0933 e. The molecule has 0 aliphatic rings. The second kappa shape index (κ2) is 8.65. The number of aliphatic hydroxyl groups is 1. The van der Waals surface area contributed by atoms with Gasteiger partial charge in [0.15, 0.2) is 0 Å². The molecule has 1 unspecified atom stereocenters. The van der Waals surface area contributed by atoms with Crippen LogP contribution in [0.25, 0.3) is 0 Å². The van der Waals surface area contributed by atoms with Gasteiger partial charge in [-0.3, -0.25) is 0 Å². The van der Waals surface area contributed by atoms with E-state index in [1.807, 2.05) is 0 Å². The van der Waals surface area contributed by atoms with Crippen LogP contribution in [0, 0.1) is 0 Å². The third kappa shape index (κ3) is 5.96. The molecule has 20 heavy (non-hydrogen) atoms. The number of aliphatic carboxylic acids is 1. The normalized spacial score (nSPS) is 10.9. The minimum atomic E-state index is -1.52. The van der Waals surface area contributed by atoms with Gasteiger partial charge in [0.2, 0.25) is 0 Å². The number of benzene rings is 1. The maximum absolute atomic E-state index is 10.3. The molecule has 0 amide bonds. The number of hydrogen-bond donors (Lipinski definition) is 1. The van der Waals surface area contributed by atoms with E-state index in [4.69, 9.17) is 5.11 Å². The first-order chi connectivity index (χ1) is 9.31. The smallest absolute Gasteiger partial charge is 0.0933 e. The van der Waals surface area contributed by atoms with Crippen molar-refractivity contribution in [3.63, 3.8) is 0 Å². The molecule has 0 bridgehead atoms. The lowest BCUT2D eigenvalue weighted by Gasteiger charge is -2.09. The second-order valence-electron chi connectivity index (χ2n) is 3.74. The van der Waals surface area contributed by atoms with E-state index in [0.717, 1.165) is 12.1 Å². The second-order valence-corrected chi connectivity index (χ2v) is 3.74. The molecule has 110 valence electrons. The SMILES string of the molecule is CCCC(O)C(=O)[O-].O=C([O-])c1ccccc1C(=O)[O-]. The van der Waals surface area contributed by atoms with Gasteiger partial charge in [0.1, 0.15) is 0 Å². The van der Waals surface area contributed by atoms with Gasteiger partial charge in [0, 0.05) is 11.1 Å². The predicted molar refractivity (Wildman–Crippen MR) is 61.0 cm³/mol. The highest BCUT2D eigenvalue weighted by molar-refractivity contribution is 5.99. The van der Waals surface area contributed by atoms with Gasteiger partial charge in [-0.2, -0.15) is 0 Å².